The lowest BCUT2D eigenvalue weighted by Crippen LogP contribution is -2.64. The summed E-state index contributed by atoms with van der Waals surface area (Å²) in [6.45, 7) is 12.0. The Labute approximate surface area is 214 Å². The van der Waals surface area contributed by atoms with Crippen molar-refractivity contribution < 1.29 is 31.1 Å². The van der Waals surface area contributed by atoms with E-state index in [0.717, 1.165) is 45.6 Å². The summed E-state index contributed by atoms with van der Waals surface area (Å²) in [7, 11) is 0. The fourth-order valence-electron chi connectivity index (χ4n) is 4.64. The van der Waals surface area contributed by atoms with Gasteiger partial charge in [-0.05, 0) is 63.8 Å². The molecule has 0 aromatic heterocycles. The van der Waals surface area contributed by atoms with Crippen LogP contribution in [0.4, 0.5) is 36.8 Å². The van der Waals surface area contributed by atoms with Gasteiger partial charge in [0.15, 0.2) is 0 Å². The minimum atomic E-state index is -4.96. The van der Waals surface area contributed by atoms with Crippen molar-refractivity contribution in [2.75, 3.05) is 51.1 Å². The van der Waals surface area contributed by atoms with Gasteiger partial charge < -0.3 is 15.1 Å². The predicted molar refractivity (Wildman–Crippen MR) is 131 cm³/mol. The molecule has 37 heavy (non-hydrogen) atoms. The van der Waals surface area contributed by atoms with Crippen molar-refractivity contribution in [3.05, 3.63) is 41.0 Å². The first kappa shape index (κ1) is 29.3. The van der Waals surface area contributed by atoms with E-state index >= 15 is 0 Å². The molecule has 1 unspecified atom stereocenters. The van der Waals surface area contributed by atoms with Gasteiger partial charge in [-0.3, -0.25) is 4.90 Å². The van der Waals surface area contributed by atoms with Gasteiger partial charge in [0, 0.05) is 51.0 Å². The second kappa shape index (κ2) is 12.1. The maximum absolute atomic E-state index is 13.1. The van der Waals surface area contributed by atoms with Crippen LogP contribution in [0.15, 0.2) is 29.8 Å². The second-order valence-corrected chi connectivity index (χ2v) is 10.4. The largest absolute Gasteiger partial charge is 0.416 e. The van der Waals surface area contributed by atoms with E-state index in [1.54, 1.807) is 0 Å². The van der Waals surface area contributed by atoms with Crippen LogP contribution >= 0.6 is 0 Å². The zero-order valence-electron chi connectivity index (χ0n) is 21.6. The van der Waals surface area contributed by atoms with Gasteiger partial charge in [0.25, 0.3) is 0 Å². The number of likely N-dealkylation sites (tertiary alicyclic amines) is 1. The van der Waals surface area contributed by atoms with Crippen molar-refractivity contribution in [2.45, 2.75) is 58.4 Å². The van der Waals surface area contributed by atoms with E-state index in [0.29, 0.717) is 31.1 Å². The Balaban J connectivity index is 1.43. The van der Waals surface area contributed by atoms with Gasteiger partial charge in [-0.15, -0.1) is 0 Å². The first-order valence-corrected chi connectivity index (χ1v) is 12.7. The number of alkyl halides is 6. The highest BCUT2D eigenvalue weighted by Crippen LogP contribution is 2.37. The van der Waals surface area contributed by atoms with Crippen LogP contribution in [0.3, 0.4) is 0 Å². The van der Waals surface area contributed by atoms with E-state index in [1.165, 1.54) is 16.9 Å². The molecule has 208 valence electrons. The highest BCUT2D eigenvalue weighted by atomic mass is 19.4. The molecule has 0 radical (unpaired) electrons. The van der Waals surface area contributed by atoms with Crippen LogP contribution in [0.2, 0.25) is 0 Å². The van der Waals surface area contributed by atoms with E-state index in [1.807, 2.05) is 0 Å². The van der Waals surface area contributed by atoms with Crippen molar-refractivity contribution in [3.8, 4) is 0 Å². The molecule has 2 fully saturated rings. The molecule has 1 aromatic carbocycles. The second-order valence-electron chi connectivity index (χ2n) is 10.4. The molecule has 1 atom stereocenters. The SMILES string of the molecule is CC(C)=CCCC(C)CCN1CCN(C2CN(C(=O)Nc3cc(C(F)(F)F)cc(C(F)(F)F)c3)C2)CC1. The molecule has 2 aliphatic heterocycles. The van der Waals surface area contributed by atoms with Crippen molar-refractivity contribution in [1.82, 2.24) is 14.7 Å². The summed E-state index contributed by atoms with van der Waals surface area (Å²) in [6.07, 6.45) is -4.21. The quantitative estimate of drug-likeness (QED) is 0.313. The van der Waals surface area contributed by atoms with E-state index < -0.39 is 35.2 Å². The summed E-state index contributed by atoms with van der Waals surface area (Å²) in [5.74, 6) is 0.663. The Morgan fingerprint density at radius 3 is 2.05 bits per heavy atom. The lowest BCUT2D eigenvalue weighted by molar-refractivity contribution is -0.143. The number of halogens is 6. The number of hydrogen-bond donors (Lipinski definition) is 1. The summed E-state index contributed by atoms with van der Waals surface area (Å²) in [4.78, 5) is 18.6. The smallest absolute Gasteiger partial charge is 0.321 e. The van der Waals surface area contributed by atoms with Crippen molar-refractivity contribution in [1.29, 1.82) is 0 Å². The van der Waals surface area contributed by atoms with Crippen LogP contribution in [0.25, 0.3) is 0 Å². The number of amides is 2. The maximum Gasteiger partial charge on any atom is 0.416 e. The third-order valence-electron chi connectivity index (χ3n) is 7.06. The molecule has 3 rings (SSSR count). The molecule has 1 aromatic rings. The number of carbonyl (C=O) groups is 1. The number of benzene rings is 1. The van der Waals surface area contributed by atoms with Gasteiger partial charge in [0.05, 0.1) is 11.1 Å². The van der Waals surface area contributed by atoms with Crippen LogP contribution in [0.5, 0.6) is 0 Å². The average Bonchev–Trinajstić information content (AvgIpc) is 2.76. The van der Waals surface area contributed by atoms with E-state index in [2.05, 4.69) is 42.0 Å². The van der Waals surface area contributed by atoms with Crippen molar-refractivity contribution in [3.63, 3.8) is 0 Å². The number of carbonyl (C=O) groups excluding carboxylic acids is 1. The predicted octanol–water partition coefficient (Wildman–Crippen LogP) is 6.33. The summed E-state index contributed by atoms with van der Waals surface area (Å²) in [5, 5.41) is 2.20. The van der Waals surface area contributed by atoms with Gasteiger partial charge in [-0.1, -0.05) is 18.6 Å². The summed E-state index contributed by atoms with van der Waals surface area (Å²) >= 11 is 0. The highest BCUT2D eigenvalue weighted by Gasteiger charge is 2.39. The fourth-order valence-corrected chi connectivity index (χ4v) is 4.64. The van der Waals surface area contributed by atoms with Gasteiger partial charge in [0.1, 0.15) is 0 Å². The fraction of sp³-hybridized carbons (Fsp3) is 0.654. The van der Waals surface area contributed by atoms with E-state index in [9.17, 15) is 31.1 Å². The minimum Gasteiger partial charge on any atom is -0.321 e. The Bertz CT molecular complexity index is 911. The first-order chi connectivity index (χ1) is 17.2. The molecule has 0 aliphatic carbocycles. The number of hydrogen-bond acceptors (Lipinski definition) is 3. The Morgan fingerprint density at radius 1 is 0.973 bits per heavy atom. The molecule has 1 N–H and O–H groups in total. The third-order valence-corrected chi connectivity index (χ3v) is 7.06. The Kier molecular flexibility index (Phi) is 9.55. The molecule has 0 saturated carbocycles. The number of rotatable bonds is 8. The molecule has 5 nitrogen and oxygen atoms in total. The monoisotopic (exact) mass is 534 g/mol. The van der Waals surface area contributed by atoms with Gasteiger partial charge in [-0.25, -0.2) is 4.79 Å². The van der Waals surface area contributed by atoms with Gasteiger partial charge in [-0.2, -0.15) is 26.3 Å². The maximum atomic E-state index is 13.1. The standard InChI is InChI=1S/C26H36F6N4O/c1-18(2)5-4-6-19(3)7-8-34-9-11-35(12-10-34)23-16-36(17-23)24(37)33-22-14-20(25(27,28)29)13-21(15-22)26(30,31)32/h5,13-15,19,23H,4,6-12,16-17H2,1-3H3,(H,33,37). The molecular formula is C26H36F6N4O. The topological polar surface area (TPSA) is 38.8 Å². The molecule has 0 spiro atoms. The molecule has 2 heterocycles. The Hall–Kier alpha value is -2.27. The lowest BCUT2D eigenvalue weighted by Gasteiger charge is -2.48. The number of allylic oxidation sites excluding steroid dienone is 2. The molecule has 2 saturated heterocycles. The lowest BCUT2D eigenvalue weighted by atomic mass is 10.0. The summed E-state index contributed by atoms with van der Waals surface area (Å²) < 4.78 is 78.3. The number of nitrogens with zero attached hydrogens (tertiary/aromatic N) is 3. The van der Waals surface area contributed by atoms with Crippen LogP contribution in [0.1, 0.15) is 51.2 Å². The van der Waals surface area contributed by atoms with Crippen LogP contribution < -0.4 is 5.32 Å². The van der Waals surface area contributed by atoms with Crippen LogP contribution in [0, 0.1) is 5.92 Å². The van der Waals surface area contributed by atoms with Crippen LogP contribution in [-0.4, -0.2) is 72.6 Å². The normalized spacial score (nSPS) is 18.9. The number of urea groups is 1. The van der Waals surface area contributed by atoms with Crippen molar-refractivity contribution in [2.24, 2.45) is 5.92 Å². The van der Waals surface area contributed by atoms with Gasteiger partial charge in [0.2, 0.25) is 0 Å². The molecule has 0 bridgehead atoms. The molecule has 11 heteroatoms. The van der Waals surface area contributed by atoms with Crippen LogP contribution in [-0.2, 0) is 12.4 Å². The third kappa shape index (κ3) is 8.63. The molecule has 2 amide bonds. The highest BCUT2D eigenvalue weighted by molar-refractivity contribution is 5.90. The zero-order chi connectivity index (χ0) is 27.4. The van der Waals surface area contributed by atoms with E-state index in [4.69, 9.17) is 0 Å². The summed E-state index contributed by atoms with van der Waals surface area (Å²) in [6, 6.07) is 0.519. The zero-order valence-corrected chi connectivity index (χ0v) is 21.6. The molecule has 2 aliphatic rings. The summed E-state index contributed by atoms with van der Waals surface area (Å²) in [5.41, 5.74) is -2.10. The first-order valence-electron chi connectivity index (χ1n) is 12.7. The number of anilines is 1. The average molecular weight is 535 g/mol. The van der Waals surface area contributed by atoms with Gasteiger partial charge >= 0.3 is 18.4 Å². The molecular weight excluding hydrogens is 498 g/mol. The number of nitrogens with one attached hydrogen (secondary N) is 1. The van der Waals surface area contributed by atoms with Crippen molar-refractivity contribution >= 4 is 11.7 Å². The van der Waals surface area contributed by atoms with E-state index in [-0.39, 0.29) is 12.1 Å². The Morgan fingerprint density at radius 2 is 1.54 bits per heavy atom. The minimum absolute atomic E-state index is 0.0419. The number of piperazine rings is 1.